The molecular formula is C20H31ClN4O3S. The highest BCUT2D eigenvalue weighted by Gasteiger charge is 2.34. The Balaban J connectivity index is 1.52. The number of likely N-dealkylation sites (tertiary alicyclic amines) is 1. The number of halogens is 1. The monoisotopic (exact) mass is 442 g/mol. The third kappa shape index (κ3) is 5.29. The van der Waals surface area contributed by atoms with E-state index in [2.05, 4.69) is 29.0 Å². The Morgan fingerprint density at radius 2 is 1.86 bits per heavy atom. The third-order valence-corrected chi connectivity index (χ3v) is 8.42. The van der Waals surface area contributed by atoms with Crippen LogP contribution in [0.25, 0.3) is 0 Å². The van der Waals surface area contributed by atoms with Crippen molar-refractivity contribution in [3.8, 4) is 0 Å². The first kappa shape index (κ1) is 22.5. The molecule has 1 aromatic heterocycles. The molecule has 0 aliphatic carbocycles. The first-order chi connectivity index (χ1) is 13.7. The molecule has 29 heavy (non-hydrogen) atoms. The Kier molecular flexibility index (Phi) is 7.19. The molecule has 0 radical (unpaired) electrons. The second-order valence-corrected chi connectivity index (χ2v) is 10.8. The van der Waals surface area contributed by atoms with Crippen molar-refractivity contribution in [1.82, 2.24) is 19.5 Å². The number of sulfonamides is 1. The van der Waals surface area contributed by atoms with Crippen molar-refractivity contribution < 1.29 is 13.2 Å². The van der Waals surface area contributed by atoms with E-state index in [0.717, 1.165) is 13.1 Å². The van der Waals surface area contributed by atoms with Gasteiger partial charge in [-0.25, -0.2) is 13.4 Å². The summed E-state index contributed by atoms with van der Waals surface area (Å²) in [4.78, 5) is 19.0. The third-order valence-electron chi connectivity index (χ3n) is 6.07. The van der Waals surface area contributed by atoms with E-state index in [1.165, 1.54) is 35.8 Å². The van der Waals surface area contributed by atoms with Gasteiger partial charge in [0.25, 0.3) is 0 Å². The van der Waals surface area contributed by atoms with Gasteiger partial charge in [-0.05, 0) is 64.8 Å². The van der Waals surface area contributed by atoms with Crippen LogP contribution in [0.2, 0.25) is 5.15 Å². The van der Waals surface area contributed by atoms with Crippen molar-refractivity contribution in [2.75, 3.05) is 32.7 Å². The fourth-order valence-corrected chi connectivity index (χ4v) is 6.02. The van der Waals surface area contributed by atoms with Crippen molar-refractivity contribution in [3.05, 3.63) is 23.5 Å². The molecule has 162 valence electrons. The van der Waals surface area contributed by atoms with Crippen LogP contribution in [0.5, 0.6) is 0 Å². The minimum absolute atomic E-state index is 0.0199. The Morgan fingerprint density at radius 3 is 2.48 bits per heavy atom. The second-order valence-electron chi connectivity index (χ2n) is 8.55. The number of amides is 1. The smallest absolute Gasteiger partial charge is 0.246 e. The summed E-state index contributed by atoms with van der Waals surface area (Å²) < 4.78 is 27.0. The van der Waals surface area contributed by atoms with E-state index in [1.54, 1.807) is 6.07 Å². The molecule has 2 fully saturated rings. The topological polar surface area (TPSA) is 82.6 Å². The summed E-state index contributed by atoms with van der Waals surface area (Å²) in [5, 5.41) is 3.08. The van der Waals surface area contributed by atoms with E-state index >= 15 is 0 Å². The molecule has 3 rings (SSSR count). The van der Waals surface area contributed by atoms with Gasteiger partial charge in [-0.3, -0.25) is 9.69 Å². The quantitative estimate of drug-likeness (QED) is 0.684. The van der Waals surface area contributed by atoms with Gasteiger partial charge in [0, 0.05) is 37.3 Å². The van der Waals surface area contributed by atoms with Crippen molar-refractivity contribution in [2.45, 2.75) is 56.4 Å². The standard InChI is InChI=1S/C20H31ClN4O3S/c1-20(2,24-11-4-3-5-12-24)15-23-19(26)16-8-13-25(14-9-16)29(27,28)17-7-6-10-22-18(17)21/h6-7,10,16H,3-5,8-9,11-15H2,1-2H3,(H,23,26). The summed E-state index contributed by atoms with van der Waals surface area (Å²) in [5.41, 5.74) is -0.0722. The van der Waals surface area contributed by atoms with Crippen molar-refractivity contribution >= 4 is 27.5 Å². The maximum atomic E-state index is 12.8. The zero-order valence-corrected chi connectivity index (χ0v) is 18.8. The van der Waals surface area contributed by atoms with Gasteiger partial charge in [0.15, 0.2) is 0 Å². The van der Waals surface area contributed by atoms with E-state index in [4.69, 9.17) is 11.6 Å². The lowest BCUT2D eigenvalue weighted by Crippen LogP contribution is -2.54. The van der Waals surface area contributed by atoms with Crippen molar-refractivity contribution in [1.29, 1.82) is 0 Å². The molecule has 2 aliphatic heterocycles. The predicted octanol–water partition coefficient (Wildman–Crippen LogP) is 2.52. The molecule has 1 amide bonds. The number of carbonyl (C=O) groups is 1. The number of nitrogens with zero attached hydrogens (tertiary/aromatic N) is 3. The highest BCUT2D eigenvalue weighted by molar-refractivity contribution is 7.89. The lowest BCUT2D eigenvalue weighted by atomic mass is 9.95. The number of rotatable bonds is 6. The molecule has 3 heterocycles. The molecule has 2 aliphatic rings. The zero-order chi connectivity index (χ0) is 21.1. The summed E-state index contributed by atoms with van der Waals surface area (Å²) >= 11 is 5.97. The summed E-state index contributed by atoms with van der Waals surface area (Å²) in [5.74, 6) is -0.144. The molecule has 0 bridgehead atoms. The fraction of sp³-hybridized carbons (Fsp3) is 0.700. The maximum Gasteiger partial charge on any atom is 0.246 e. The van der Waals surface area contributed by atoms with Crippen LogP contribution in [0.1, 0.15) is 46.0 Å². The first-order valence-corrected chi connectivity index (χ1v) is 12.2. The molecule has 1 aromatic rings. The predicted molar refractivity (Wildman–Crippen MR) is 113 cm³/mol. The molecule has 0 atom stereocenters. The average molecular weight is 443 g/mol. The molecule has 9 heteroatoms. The Morgan fingerprint density at radius 1 is 1.21 bits per heavy atom. The van der Waals surface area contributed by atoms with Gasteiger partial charge >= 0.3 is 0 Å². The summed E-state index contributed by atoms with van der Waals surface area (Å²) in [6.45, 7) is 7.72. The van der Waals surface area contributed by atoms with Gasteiger partial charge in [-0.1, -0.05) is 18.0 Å². The SMILES string of the molecule is CC(C)(CNC(=O)C1CCN(S(=O)(=O)c2cccnc2Cl)CC1)N1CCCCC1. The number of pyridine rings is 1. The van der Waals surface area contributed by atoms with Gasteiger partial charge < -0.3 is 5.32 Å². The maximum absolute atomic E-state index is 12.8. The first-order valence-electron chi connectivity index (χ1n) is 10.4. The number of aromatic nitrogens is 1. The highest BCUT2D eigenvalue weighted by atomic mass is 35.5. The van der Waals surface area contributed by atoms with E-state index in [-0.39, 0.29) is 27.4 Å². The van der Waals surface area contributed by atoms with Gasteiger partial charge in [-0.15, -0.1) is 0 Å². The van der Waals surface area contributed by atoms with E-state index in [0.29, 0.717) is 32.5 Å². The Bertz CT molecular complexity index is 817. The van der Waals surface area contributed by atoms with Crippen LogP contribution in [0, 0.1) is 5.92 Å². The summed E-state index contributed by atoms with van der Waals surface area (Å²) in [6, 6.07) is 3.02. The minimum atomic E-state index is -3.69. The average Bonchev–Trinajstić information content (AvgIpc) is 2.73. The van der Waals surface area contributed by atoms with Crippen molar-refractivity contribution in [2.24, 2.45) is 5.92 Å². The number of carbonyl (C=O) groups excluding carboxylic acids is 1. The highest BCUT2D eigenvalue weighted by Crippen LogP contribution is 2.27. The summed E-state index contributed by atoms with van der Waals surface area (Å²) in [7, 11) is -3.69. The molecule has 7 nitrogen and oxygen atoms in total. The van der Waals surface area contributed by atoms with Gasteiger partial charge in [0.05, 0.1) is 0 Å². The van der Waals surface area contributed by atoms with E-state index in [9.17, 15) is 13.2 Å². The zero-order valence-electron chi connectivity index (χ0n) is 17.2. The molecule has 1 N–H and O–H groups in total. The van der Waals surface area contributed by atoms with E-state index in [1.807, 2.05) is 0 Å². The van der Waals surface area contributed by atoms with Crippen LogP contribution in [-0.4, -0.2) is 66.8 Å². The lowest BCUT2D eigenvalue weighted by Gasteiger charge is -2.41. The molecule has 2 saturated heterocycles. The van der Waals surface area contributed by atoms with E-state index < -0.39 is 10.0 Å². The summed E-state index contributed by atoms with van der Waals surface area (Å²) in [6.07, 6.45) is 6.19. The number of hydrogen-bond acceptors (Lipinski definition) is 5. The van der Waals surface area contributed by atoms with Crippen LogP contribution in [0.3, 0.4) is 0 Å². The number of piperidine rings is 2. The van der Waals surface area contributed by atoms with Crippen LogP contribution in [-0.2, 0) is 14.8 Å². The fourth-order valence-electron chi connectivity index (χ4n) is 4.12. The molecule has 0 saturated carbocycles. The molecule has 0 unspecified atom stereocenters. The molecular weight excluding hydrogens is 412 g/mol. The largest absolute Gasteiger partial charge is 0.354 e. The van der Waals surface area contributed by atoms with Crippen LogP contribution in [0.4, 0.5) is 0 Å². The molecule has 0 spiro atoms. The van der Waals surface area contributed by atoms with Gasteiger partial charge in [0.2, 0.25) is 15.9 Å². The minimum Gasteiger partial charge on any atom is -0.354 e. The normalized spacial score (nSPS) is 20.5. The van der Waals surface area contributed by atoms with Crippen LogP contribution >= 0.6 is 11.6 Å². The van der Waals surface area contributed by atoms with Crippen molar-refractivity contribution in [3.63, 3.8) is 0 Å². The second kappa shape index (κ2) is 9.29. The Labute approximate surface area is 178 Å². The van der Waals surface area contributed by atoms with Gasteiger partial charge in [0.1, 0.15) is 10.0 Å². The molecule has 0 aromatic carbocycles. The Hall–Kier alpha value is -1.22. The number of nitrogens with one attached hydrogen (secondary N) is 1. The van der Waals surface area contributed by atoms with Crippen LogP contribution < -0.4 is 5.32 Å². The lowest BCUT2D eigenvalue weighted by molar-refractivity contribution is -0.126. The van der Waals surface area contributed by atoms with Crippen LogP contribution in [0.15, 0.2) is 23.2 Å². The van der Waals surface area contributed by atoms with Gasteiger partial charge in [-0.2, -0.15) is 4.31 Å². The number of hydrogen-bond donors (Lipinski definition) is 1.